The number of nitrogens with one attached hydrogen (secondary N) is 1. The van der Waals surface area contributed by atoms with Crippen molar-refractivity contribution in [3.63, 3.8) is 0 Å². The number of para-hydroxylation sites is 1. The lowest BCUT2D eigenvalue weighted by atomic mass is 10.3. The number of benzene rings is 1. The molecule has 1 aromatic heterocycles. The van der Waals surface area contributed by atoms with E-state index in [1.54, 1.807) is 37.4 Å². The zero-order valence-electron chi connectivity index (χ0n) is 10.6. The number of thioether (sulfide) groups is 1. The summed E-state index contributed by atoms with van der Waals surface area (Å²) in [6, 6.07) is 8.86. The Labute approximate surface area is 115 Å². The van der Waals surface area contributed by atoms with Crippen LogP contribution in [0.4, 0.5) is 10.5 Å². The van der Waals surface area contributed by atoms with E-state index in [0.717, 1.165) is 0 Å². The normalized spacial score (nSPS) is 10.0. The van der Waals surface area contributed by atoms with Gasteiger partial charge in [0.05, 0.1) is 11.9 Å². The van der Waals surface area contributed by atoms with Crippen LogP contribution < -0.4 is 10.1 Å². The molecule has 0 fully saturated rings. The Hall–Kier alpha value is -2.08. The van der Waals surface area contributed by atoms with Gasteiger partial charge in [-0.1, -0.05) is 18.2 Å². The highest BCUT2D eigenvalue weighted by Crippen LogP contribution is 2.22. The van der Waals surface area contributed by atoms with Crippen LogP contribution in [0.2, 0.25) is 0 Å². The molecule has 0 atom stereocenters. The Morgan fingerprint density at radius 2 is 2.05 bits per heavy atom. The molecule has 5 nitrogen and oxygen atoms in total. The molecule has 1 heterocycles. The van der Waals surface area contributed by atoms with Crippen molar-refractivity contribution in [3.8, 4) is 5.75 Å². The first-order valence-electron chi connectivity index (χ1n) is 5.60. The molecule has 0 saturated carbocycles. The van der Waals surface area contributed by atoms with Crippen LogP contribution in [-0.2, 0) is 0 Å². The first kappa shape index (κ1) is 13.4. The molecule has 0 bridgehead atoms. The maximum absolute atomic E-state index is 11.7. The second-order valence-electron chi connectivity index (χ2n) is 3.67. The molecular weight excluding hydrogens is 262 g/mol. The van der Waals surface area contributed by atoms with Gasteiger partial charge in [-0.3, -0.25) is 5.32 Å². The molecule has 98 valence electrons. The van der Waals surface area contributed by atoms with E-state index >= 15 is 0 Å². The van der Waals surface area contributed by atoms with E-state index in [9.17, 15) is 4.79 Å². The highest BCUT2D eigenvalue weighted by molar-refractivity contribution is 7.98. The summed E-state index contributed by atoms with van der Waals surface area (Å²) in [6.45, 7) is 1.80. The number of ether oxygens (including phenoxy) is 1. The number of amides is 1. The van der Waals surface area contributed by atoms with Gasteiger partial charge in [0.2, 0.25) is 0 Å². The van der Waals surface area contributed by atoms with Crippen molar-refractivity contribution in [2.75, 3.05) is 11.6 Å². The third kappa shape index (κ3) is 3.69. The maximum atomic E-state index is 11.7. The number of carbonyl (C=O) groups excluding carboxylic acids is 1. The first-order valence-corrected chi connectivity index (χ1v) is 6.83. The summed E-state index contributed by atoms with van der Waals surface area (Å²) in [5.41, 5.74) is 0.541. The third-order valence-corrected chi connectivity index (χ3v) is 2.96. The summed E-state index contributed by atoms with van der Waals surface area (Å²) in [6.07, 6.45) is 2.89. The van der Waals surface area contributed by atoms with Crippen molar-refractivity contribution in [1.82, 2.24) is 9.97 Å². The Kier molecular flexibility index (Phi) is 4.35. The monoisotopic (exact) mass is 275 g/mol. The van der Waals surface area contributed by atoms with Gasteiger partial charge in [0, 0.05) is 0 Å². The van der Waals surface area contributed by atoms with Gasteiger partial charge in [-0.15, -0.1) is 11.8 Å². The van der Waals surface area contributed by atoms with Gasteiger partial charge in [-0.05, 0) is 25.3 Å². The standard InChI is InChI=1S/C13H13N3O2S/c1-9-14-8-11(12(15-9)19-2)16-13(17)18-10-6-4-3-5-7-10/h3-8H,1-2H3,(H,16,17). The van der Waals surface area contributed by atoms with E-state index in [1.807, 2.05) is 12.3 Å². The Bertz CT molecular complexity index is 575. The Morgan fingerprint density at radius 1 is 1.32 bits per heavy atom. The zero-order valence-corrected chi connectivity index (χ0v) is 11.4. The predicted octanol–water partition coefficient (Wildman–Crippen LogP) is 3.12. The molecule has 1 N–H and O–H groups in total. The van der Waals surface area contributed by atoms with Crippen LogP contribution in [0.25, 0.3) is 0 Å². The van der Waals surface area contributed by atoms with Crippen LogP contribution in [0.5, 0.6) is 5.75 Å². The predicted molar refractivity (Wildman–Crippen MR) is 74.6 cm³/mol. The molecule has 2 rings (SSSR count). The van der Waals surface area contributed by atoms with E-state index in [2.05, 4.69) is 15.3 Å². The van der Waals surface area contributed by atoms with Gasteiger partial charge >= 0.3 is 6.09 Å². The molecule has 0 aliphatic rings. The molecule has 0 spiro atoms. The Morgan fingerprint density at radius 3 is 2.74 bits per heavy atom. The molecule has 1 amide bonds. The summed E-state index contributed by atoms with van der Waals surface area (Å²) in [5.74, 6) is 1.14. The van der Waals surface area contributed by atoms with Gasteiger partial charge in [0.15, 0.2) is 0 Å². The molecule has 6 heteroatoms. The fraction of sp³-hybridized carbons (Fsp3) is 0.154. The van der Waals surface area contributed by atoms with Crippen LogP contribution in [0.3, 0.4) is 0 Å². The molecule has 0 aliphatic heterocycles. The molecule has 0 saturated heterocycles. The second kappa shape index (κ2) is 6.19. The molecule has 2 aromatic rings. The second-order valence-corrected chi connectivity index (χ2v) is 4.46. The fourth-order valence-corrected chi connectivity index (χ4v) is 1.97. The van der Waals surface area contributed by atoms with E-state index < -0.39 is 6.09 Å². The lowest BCUT2D eigenvalue weighted by Crippen LogP contribution is -2.17. The number of aromatic nitrogens is 2. The van der Waals surface area contributed by atoms with Crippen molar-refractivity contribution in [2.24, 2.45) is 0 Å². The lowest BCUT2D eigenvalue weighted by molar-refractivity contribution is 0.215. The summed E-state index contributed by atoms with van der Waals surface area (Å²) in [7, 11) is 0. The van der Waals surface area contributed by atoms with E-state index in [1.165, 1.54) is 11.8 Å². The largest absolute Gasteiger partial charge is 0.417 e. The zero-order chi connectivity index (χ0) is 13.7. The van der Waals surface area contributed by atoms with Crippen molar-refractivity contribution < 1.29 is 9.53 Å². The Balaban J connectivity index is 2.07. The number of hydrogen-bond donors (Lipinski definition) is 1. The van der Waals surface area contributed by atoms with Gasteiger partial charge < -0.3 is 4.74 Å². The number of aryl methyl sites for hydroxylation is 1. The summed E-state index contributed by atoms with van der Waals surface area (Å²) < 4.78 is 5.13. The molecule has 0 aliphatic carbocycles. The number of nitrogens with zero attached hydrogens (tertiary/aromatic N) is 2. The highest BCUT2D eigenvalue weighted by atomic mass is 32.2. The number of anilines is 1. The third-order valence-electron chi connectivity index (χ3n) is 2.26. The maximum Gasteiger partial charge on any atom is 0.417 e. The molecule has 0 radical (unpaired) electrons. The topological polar surface area (TPSA) is 64.1 Å². The van der Waals surface area contributed by atoms with E-state index in [-0.39, 0.29) is 0 Å². The van der Waals surface area contributed by atoms with Crippen molar-refractivity contribution in [2.45, 2.75) is 11.9 Å². The molecular formula is C13H13N3O2S. The first-order chi connectivity index (χ1) is 9.19. The average molecular weight is 275 g/mol. The minimum atomic E-state index is -0.561. The van der Waals surface area contributed by atoms with Crippen molar-refractivity contribution >= 4 is 23.5 Å². The van der Waals surface area contributed by atoms with Gasteiger partial charge in [0.1, 0.15) is 16.6 Å². The van der Waals surface area contributed by atoms with Crippen LogP contribution in [0, 0.1) is 6.92 Å². The van der Waals surface area contributed by atoms with E-state index in [0.29, 0.717) is 22.3 Å². The average Bonchev–Trinajstić information content (AvgIpc) is 2.42. The van der Waals surface area contributed by atoms with Crippen molar-refractivity contribution in [3.05, 3.63) is 42.4 Å². The lowest BCUT2D eigenvalue weighted by Gasteiger charge is -2.09. The summed E-state index contributed by atoms with van der Waals surface area (Å²) >= 11 is 1.44. The van der Waals surface area contributed by atoms with E-state index in [4.69, 9.17) is 4.74 Å². The van der Waals surface area contributed by atoms with Crippen molar-refractivity contribution in [1.29, 1.82) is 0 Å². The number of rotatable bonds is 3. The minimum Gasteiger partial charge on any atom is -0.410 e. The van der Waals surface area contributed by atoms with Crippen LogP contribution in [0.1, 0.15) is 5.82 Å². The van der Waals surface area contributed by atoms with Crippen LogP contribution >= 0.6 is 11.8 Å². The van der Waals surface area contributed by atoms with Crippen LogP contribution in [0.15, 0.2) is 41.6 Å². The highest BCUT2D eigenvalue weighted by Gasteiger charge is 2.10. The fourth-order valence-electron chi connectivity index (χ4n) is 1.42. The molecule has 0 unspecified atom stereocenters. The summed E-state index contributed by atoms with van der Waals surface area (Å²) in [4.78, 5) is 20.0. The van der Waals surface area contributed by atoms with Gasteiger partial charge in [-0.2, -0.15) is 0 Å². The number of carbonyl (C=O) groups is 1. The minimum absolute atomic E-state index is 0.485. The molecule has 19 heavy (non-hydrogen) atoms. The number of hydrogen-bond acceptors (Lipinski definition) is 5. The quantitative estimate of drug-likeness (QED) is 0.688. The molecule has 1 aromatic carbocycles. The smallest absolute Gasteiger partial charge is 0.410 e. The van der Waals surface area contributed by atoms with Gasteiger partial charge in [-0.25, -0.2) is 14.8 Å². The van der Waals surface area contributed by atoms with Crippen LogP contribution in [-0.4, -0.2) is 22.3 Å². The SMILES string of the molecule is CSc1nc(C)ncc1NC(=O)Oc1ccccc1. The van der Waals surface area contributed by atoms with Gasteiger partial charge in [0.25, 0.3) is 0 Å². The summed E-state index contributed by atoms with van der Waals surface area (Å²) in [5, 5.41) is 3.34.